The first-order valence-corrected chi connectivity index (χ1v) is 19.1. The number of phenols is 1. The topological polar surface area (TPSA) is 212 Å². The minimum Gasteiger partial charge on any atom is -0.508 e. The Hall–Kier alpha value is -5.81. The van der Waals surface area contributed by atoms with Crippen LogP contribution in [0.4, 0.5) is 13.6 Å². The average molecular weight is 794 g/mol. The zero-order valence-electron chi connectivity index (χ0n) is 32.1. The molecule has 3 aromatic rings. The Kier molecular flexibility index (Phi) is 18.0. The SMILES string of the molecule is CCC(=O)NCCNC(=O)NC(N)=NCCCC(NC(=O)C(c1ccccc1)c1ccc(OCCCN2CCNCC2)cc1)C(=O)NCc1c(F)cc(O)cc1F. The monoisotopic (exact) mass is 793 g/mol. The van der Waals surface area contributed by atoms with E-state index in [0.29, 0.717) is 29.9 Å². The summed E-state index contributed by atoms with van der Waals surface area (Å²) in [6.45, 7) is 7.10. The number of halogens is 2. The molecule has 1 aliphatic rings. The predicted octanol–water partition coefficient (Wildman–Crippen LogP) is 2.20. The molecule has 2 unspecified atom stereocenters. The highest BCUT2D eigenvalue weighted by molar-refractivity contribution is 5.95. The lowest BCUT2D eigenvalue weighted by molar-refractivity contribution is -0.129. The minimum absolute atomic E-state index is 0.0421. The summed E-state index contributed by atoms with van der Waals surface area (Å²) in [7, 11) is 0. The zero-order valence-corrected chi connectivity index (χ0v) is 32.1. The molecule has 0 aromatic heterocycles. The number of rotatable bonds is 20. The van der Waals surface area contributed by atoms with Crippen molar-refractivity contribution in [2.75, 3.05) is 59.0 Å². The van der Waals surface area contributed by atoms with Gasteiger partial charge >= 0.3 is 6.03 Å². The first-order valence-electron chi connectivity index (χ1n) is 19.1. The van der Waals surface area contributed by atoms with Crippen LogP contribution in [0.15, 0.2) is 71.7 Å². The van der Waals surface area contributed by atoms with Crippen LogP contribution in [0, 0.1) is 11.6 Å². The number of phenolic OH excluding ortho intramolecular Hbond substituents is 1. The molecule has 0 radical (unpaired) electrons. The fourth-order valence-corrected chi connectivity index (χ4v) is 6.09. The normalized spacial score (nSPS) is 14.2. The van der Waals surface area contributed by atoms with Gasteiger partial charge in [-0.3, -0.25) is 24.7 Å². The third-order valence-electron chi connectivity index (χ3n) is 9.13. The van der Waals surface area contributed by atoms with Crippen LogP contribution in [0.3, 0.4) is 0 Å². The molecule has 0 aliphatic carbocycles. The van der Waals surface area contributed by atoms with Gasteiger partial charge in [0.15, 0.2) is 5.96 Å². The molecule has 1 fully saturated rings. The number of nitrogens with one attached hydrogen (secondary N) is 6. The Morgan fingerprint density at radius 1 is 0.912 bits per heavy atom. The van der Waals surface area contributed by atoms with Crippen molar-refractivity contribution in [1.82, 2.24) is 36.8 Å². The van der Waals surface area contributed by atoms with Gasteiger partial charge in [0.2, 0.25) is 17.7 Å². The van der Waals surface area contributed by atoms with Gasteiger partial charge in [-0.1, -0.05) is 49.4 Å². The zero-order chi connectivity index (χ0) is 41.0. The summed E-state index contributed by atoms with van der Waals surface area (Å²) in [4.78, 5) is 57.7. The number of hydrogen-bond donors (Lipinski definition) is 8. The largest absolute Gasteiger partial charge is 0.508 e. The van der Waals surface area contributed by atoms with Crippen LogP contribution in [0.5, 0.6) is 11.5 Å². The van der Waals surface area contributed by atoms with E-state index in [4.69, 9.17) is 10.5 Å². The van der Waals surface area contributed by atoms with E-state index in [1.54, 1.807) is 55.5 Å². The maximum absolute atomic E-state index is 14.5. The minimum atomic E-state index is -1.17. The number of urea groups is 1. The van der Waals surface area contributed by atoms with E-state index in [1.807, 2.05) is 6.07 Å². The van der Waals surface area contributed by atoms with Gasteiger partial charge in [-0.25, -0.2) is 13.6 Å². The van der Waals surface area contributed by atoms with Crippen molar-refractivity contribution < 1.29 is 37.8 Å². The van der Waals surface area contributed by atoms with Gasteiger partial charge in [-0.2, -0.15) is 0 Å². The molecule has 0 bridgehead atoms. The van der Waals surface area contributed by atoms with Crippen molar-refractivity contribution >= 4 is 29.7 Å². The molecule has 0 spiro atoms. The Bertz CT molecular complexity index is 1770. The third-order valence-corrected chi connectivity index (χ3v) is 9.13. The second-order valence-electron chi connectivity index (χ2n) is 13.4. The Morgan fingerprint density at radius 3 is 2.26 bits per heavy atom. The maximum Gasteiger partial charge on any atom is 0.321 e. The summed E-state index contributed by atoms with van der Waals surface area (Å²) >= 11 is 0. The van der Waals surface area contributed by atoms with Crippen LogP contribution in [-0.4, -0.2) is 105 Å². The van der Waals surface area contributed by atoms with E-state index >= 15 is 0 Å². The van der Waals surface area contributed by atoms with E-state index in [9.17, 15) is 33.1 Å². The number of aromatic hydroxyl groups is 1. The van der Waals surface area contributed by atoms with Crippen LogP contribution in [-0.2, 0) is 20.9 Å². The Labute approximate surface area is 331 Å². The number of guanidine groups is 1. The fraction of sp³-hybridized carbons (Fsp3) is 0.425. The standard InChI is InChI=1S/C40H53F2N9O6/c1-2-35(53)45-16-17-47-40(56)50-39(43)46-15-6-10-34(37(54)48-26-31-32(41)24-29(52)25-33(31)42)49-38(55)36(27-8-4-3-5-9-27)28-11-13-30(14-12-28)57-23-7-20-51-21-18-44-19-22-51/h3-5,8-9,11-14,24-25,34,36,44,52H,2,6-7,10,15-23,26H2,1H3,(H,45,53)(H,48,54)(H,49,55)(H4,43,46,47,50,56). The van der Waals surface area contributed by atoms with E-state index in [0.717, 1.165) is 51.3 Å². The molecule has 3 aromatic carbocycles. The van der Waals surface area contributed by atoms with Gasteiger partial charge in [0.25, 0.3) is 0 Å². The van der Waals surface area contributed by atoms with Crippen LogP contribution >= 0.6 is 0 Å². The van der Waals surface area contributed by atoms with E-state index in [1.165, 1.54) is 0 Å². The highest BCUT2D eigenvalue weighted by Crippen LogP contribution is 2.27. The van der Waals surface area contributed by atoms with E-state index < -0.39 is 59.3 Å². The third kappa shape index (κ3) is 15.0. The van der Waals surface area contributed by atoms with E-state index in [-0.39, 0.29) is 44.3 Å². The summed E-state index contributed by atoms with van der Waals surface area (Å²) in [6.07, 6.45) is 1.45. The molecule has 1 heterocycles. The van der Waals surface area contributed by atoms with Crippen LogP contribution in [0.2, 0.25) is 0 Å². The number of amides is 5. The summed E-state index contributed by atoms with van der Waals surface area (Å²) in [6, 6.07) is 15.9. The Morgan fingerprint density at radius 2 is 1.58 bits per heavy atom. The fourth-order valence-electron chi connectivity index (χ4n) is 6.09. The summed E-state index contributed by atoms with van der Waals surface area (Å²) in [5, 5.41) is 25.7. The van der Waals surface area contributed by atoms with Crippen LogP contribution in [0.25, 0.3) is 0 Å². The van der Waals surface area contributed by atoms with Gasteiger partial charge in [0.05, 0.1) is 12.5 Å². The van der Waals surface area contributed by atoms with Crippen molar-refractivity contribution in [2.45, 2.75) is 51.1 Å². The molecule has 0 saturated carbocycles. The molecule has 4 rings (SSSR count). The summed E-state index contributed by atoms with van der Waals surface area (Å²) < 4.78 is 35.0. The first-order chi connectivity index (χ1) is 27.5. The first kappa shape index (κ1) is 43.9. The summed E-state index contributed by atoms with van der Waals surface area (Å²) in [5.41, 5.74) is 6.71. The number of carbonyl (C=O) groups excluding carboxylic acids is 4. The van der Waals surface area contributed by atoms with Gasteiger partial charge < -0.3 is 47.1 Å². The van der Waals surface area contributed by atoms with Crippen LogP contribution < -0.4 is 42.4 Å². The number of benzene rings is 3. The summed E-state index contributed by atoms with van der Waals surface area (Å²) in [5.74, 6) is -4.41. The molecule has 5 amide bonds. The smallest absolute Gasteiger partial charge is 0.321 e. The molecule has 2 atom stereocenters. The maximum atomic E-state index is 14.5. The number of carbonyl (C=O) groups is 4. The number of nitrogens with two attached hydrogens (primary N) is 1. The highest BCUT2D eigenvalue weighted by Gasteiger charge is 2.28. The molecule has 1 saturated heterocycles. The molecule has 9 N–H and O–H groups in total. The molecule has 17 heteroatoms. The van der Waals surface area contributed by atoms with Crippen molar-refractivity contribution in [2.24, 2.45) is 10.7 Å². The number of ether oxygens (including phenoxy) is 1. The molecule has 57 heavy (non-hydrogen) atoms. The number of aliphatic imine (C=N–C) groups is 1. The van der Waals surface area contributed by atoms with Gasteiger partial charge in [0.1, 0.15) is 29.2 Å². The van der Waals surface area contributed by atoms with Crippen molar-refractivity contribution in [1.29, 1.82) is 0 Å². The lowest BCUT2D eigenvalue weighted by atomic mass is 9.90. The number of hydrogen-bond acceptors (Lipinski definition) is 9. The second kappa shape index (κ2) is 23.3. The molecule has 308 valence electrons. The Balaban J connectivity index is 1.42. The van der Waals surface area contributed by atoms with Gasteiger partial charge in [-0.15, -0.1) is 0 Å². The van der Waals surface area contributed by atoms with Gasteiger partial charge in [-0.05, 0) is 42.5 Å². The predicted molar refractivity (Wildman–Crippen MR) is 212 cm³/mol. The lowest BCUT2D eigenvalue weighted by Crippen LogP contribution is -2.48. The molecule has 15 nitrogen and oxygen atoms in total. The average Bonchev–Trinajstić information content (AvgIpc) is 3.20. The van der Waals surface area contributed by atoms with Crippen molar-refractivity contribution in [3.8, 4) is 11.5 Å². The van der Waals surface area contributed by atoms with Gasteiger partial charge in [0, 0.05) is 83.0 Å². The van der Waals surface area contributed by atoms with E-state index in [2.05, 4.69) is 41.8 Å². The number of nitrogens with zero attached hydrogens (tertiary/aromatic N) is 2. The quantitative estimate of drug-likeness (QED) is 0.0478. The lowest BCUT2D eigenvalue weighted by Gasteiger charge is -2.27. The highest BCUT2D eigenvalue weighted by atomic mass is 19.1. The molecular formula is C40H53F2N9O6. The van der Waals surface area contributed by atoms with Crippen molar-refractivity contribution in [3.63, 3.8) is 0 Å². The van der Waals surface area contributed by atoms with Crippen molar-refractivity contribution in [3.05, 3.63) is 95.1 Å². The number of piperazine rings is 1. The second-order valence-corrected chi connectivity index (χ2v) is 13.4. The molecular weight excluding hydrogens is 740 g/mol. The molecule has 1 aliphatic heterocycles. The van der Waals surface area contributed by atoms with Crippen LogP contribution in [0.1, 0.15) is 55.2 Å².